The summed E-state index contributed by atoms with van der Waals surface area (Å²) >= 11 is 0. The average Bonchev–Trinajstić information content (AvgIpc) is 1.49. The van der Waals surface area contributed by atoms with Crippen molar-refractivity contribution in [2.75, 3.05) is 0 Å². The highest BCUT2D eigenvalue weighted by Gasteiger charge is 2.37. The van der Waals surface area contributed by atoms with Gasteiger partial charge in [-0.15, -0.1) is 0 Å². The van der Waals surface area contributed by atoms with Gasteiger partial charge in [-0.3, -0.25) is 4.79 Å². The van der Waals surface area contributed by atoms with Crippen LogP contribution in [0.25, 0.3) is 0 Å². The zero-order valence-corrected chi connectivity index (χ0v) is 10.2. The Labute approximate surface area is 77.7 Å². The standard InChI is InChI=1S/C10H21OP/c1-8(11)12(9(2,3)4)10(5,6)7/h1-7H3. The molecule has 0 radical (unpaired) electrons. The van der Waals surface area contributed by atoms with Crippen LogP contribution in [0.5, 0.6) is 0 Å². The molecule has 0 heterocycles. The molecule has 0 bridgehead atoms. The molecule has 0 aromatic carbocycles. The molecule has 0 fully saturated rings. The molecule has 12 heavy (non-hydrogen) atoms. The molecule has 0 saturated carbocycles. The number of carbonyl (C=O) groups excluding carboxylic acids is 1. The fourth-order valence-corrected chi connectivity index (χ4v) is 5.85. The van der Waals surface area contributed by atoms with E-state index in [4.69, 9.17) is 0 Å². The van der Waals surface area contributed by atoms with E-state index in [-0.39, 0.29) is 10.3 Å². The summed E-state index contributed by atoms with van der Waals surface area (Å²) in [6, 6.07) is 0. The van der Waals surface area contributed by atoms with Gasteiger partial charge in [-0.25, -0.2) is 0 Å². The molecular weight excluding hydrogens is 167 g/mol. The number of hydrogen-bond acceptors (Lipinski definition) is 1. The molecule has 0 N–H and O–H groups in total. The molecule has 1 nitrogen and oxygen atoms in total. The second kappa shape index (κ2) is 3.46. The summed E-state index contributed by atoms with van der Waals surface area (Å²) in [5.41, 5.74) is 0.366. The van der Waals surface area contributed by atoms with Crippen molar-refractivity contribution in [3.05, 3.63) is 0 Å². The largest absolute Gasteiger partial charge is 0.295 e. The molecule has 0 amide bonds. The van der Waals surface area contributed by atoms with E-state index < -0.39 is 7.92 Å². The second-order valence-electron chi connectivity index (χ2n) is 5.20. The van der Waals surface area contributed by atoms with Crippen LogP contribution in [-0.2, 0) is 4.79 Å². The normalized spacial score (nSPS) is 13.7. The lowest BCUT2D eigenvalue weighted by Crippen LogP contribution is -2.28. The lowest BCUT2D eigenvalue weighted by Gasteiger charge is -2.39. The van der Waals surface area contributed by atoms with E-state index in [0.717, 1.165) is 0 Å². The lowest BCUT2D eigenvalue weighted by molar-refractivity contribution is -0.109. The van der Waals surface area contributed by atoms with Crippen molar-refractivity contribution in [3.63, 3.8) is 0 Å². The van der Waals surface area contributed by atoms with Gasteiger partial charge >= 0.3 is 0 Å². The number of hydrogen-bond donors (Lipinski definition) is 0. The van der Waals surface area contributed by atoms with Crippen LogP contribution < -0.4 is 0 Å². The molecule has 0 atom stereocenters. The van der Waals surface area contributed by atoms with Crippen LogP contribution in [0.2, 0.25) is 0 Å². The third-order valence-electron chi connectivity index (χ3n) is 1.66. The molecule has 2 heteroatoms. The summed E-state index contributed by atoms with van der Waals surface area (Å²) in [5.74, 6) is 0. The van der Waals surface area contributed by atoms with E-state index >= 15 is 0 Å². The quantitative estimate of drug-likeness (QED) is 0.574. The fraction of sp³-hybridized carbons (Fsp3) is 0.900. The van der Waals surface area contributed by atoms with Gasteiger partial charge in [0.1, 0.15) is 0 Å². The van der Waals surface area contributed by atoms with Gasteiger partial charge in [-0.2, -0.15) is 0 Å². The molecule has 0 saturated heterocycles. The third-order valence-corrected chi connectivity index (χ3v) is 4.97. The summed E-state index contributed by atoms with van der Waals surface area (Å²) in [5, 5.41) is 0.277. The molecular formula is C10H21OP. The first-order chi connectivity index (χ1) is 5.07. The Balaban J connectivity index is 4.82. The minimum absolute atomic E-state index is 0.138. The van der Waals surface area contributed by atoms with Crippen molar-refractivity contribution >= 4 is 13.4 Å². The topological polar surface area (TPSA) is 17.1 Å². The van der Waals surface area contributed by atoms with Crippen molar-refractivity contribution in [1.29, 1.82) is 0 Å². The van der Waals surface area contributed by atoms with E-state index in [1.54, 1.807) is 6.92 Å². The Morgan fingerprint density at radius 3 is 1.17 bits per heavy atom. The number of carbonyl (C=O) groups is 1. The molecule has 0 aromatic rings. The van der Waals surface area contributed by atoms with E-state index in [1.165, 1.54) is 0 Å². The highest BCUT2D eigenvalue weighted by Crippen LogP contribution is 2.59. The van der Waals surface area contributed by atoms with Gasteiger partial charge in [0.2, 0.25) is 0 Å². The fourth-order valence-electron chi connectivity index (χ4n) is 1.95. The second-order valence-corrected chi connectivity index (χ2v) is 9.18. The first-order valence-electron chi connectivity index (χ1n) is 4.37. The van der Waals surface area contributed by atoms with Crippen molar-refractivity contribution in [3.8, 4) is 0 Å². The summed E-state index contributed by atoms with van der Waals surface area (Å²) in [4.78, 5) is 11.5. The van der Waals surface area contributed by atoms with Crippen LogP contribution >= 0.6 is 7.92 Å². The first-order valence-corrected chi connectivity index (χ1v) is 5.72. The Morgan fingerprint density at radius 1 is 0.917 bits per heavy atom. The van der Waals surface area contributed by atoms with Gasteiger partial charge in [0.25, 0.3) is 0 Å². The monoisotopic (exact) mass is 188 g/mol. The molecule has 0 aliphatic heterocycles. The van der Waals surface area contributed by atoms with E-state index in [2.05, 4.69) is 41.5 Å². The zero-order valence-electron chi connectivity index (χ0n) is 9.36. The van der Waals surface area contributed by atoms with E-state index in [0.29, 0.717) is 5.52 Å². The zero-order chi connectivity index (χ0) is 10.2. The highest BCUT2D eigenvalue weighted by molar-refractivity contribution is 7.77. The smallest absolute Gasteiger partial charge is 0.152 e. The minimum atomic E-state index is -0.541. The third kappa shape index (κ3) is 3.23. The maximum Gasteiger partial charge on any atom is 0.152 e. The lowest BCUT2D eigenvalue weighted by atomic mass is 10.2. The molecule has 0 aliphatic rings. The van der Waals surface area contributed by atoms with Crippen LogP contribution in [0, 0.1) is 0 Å². The van der Waals surface area contributed by atoms with Crippen molar-refractivity contribution in [2.24, 2.45) is 0 Å². The summed E-state index contributed by atoms with van der Waals surface area (Å²) in [6.45, 7) is 14.7. The van der Waals surface area contributed by atoms with Crippen LogP contribution in [0.15, 0.2) is 0 Å². The van der Waals surface area contributed by atoms with Gasteiger partial charge in [-0.1, -0.05) is 41.5 Å². The van der Waals surface area contributed by atoms with Gasteiger partial charge in [0.15, 0.2) is 5.52 Å². The van der Waals surface area contributed by atoms with Crippen LogP contribution in [0.4, 0.5) is 0 Å². The predicted molar refractivity (Wildman–Crippen MR) is 57.1 cm³/mol. The maximum atomic E-state index is 11.5. The molecule has 0 aromatic heterocycles. The molecule has 0 spiro atoms. The molecule has 72 valence electrons. The van der Waals surface area contributed by atoms with Gasteiger partial charge in [0.05, 0.1) is 0 Å². The predicted octanol–water partition coefficient (Wildman–Crippen LogP) is 3.61. The van der Waals surface area contributed by atoms with Gasteiger partial charge in [-0.05, 0) is 25.2 Å². The Morgan fingerprint density at radius 2 is 1.17 bits per heavy atom. The maximum absolute atomic E-state index is 11.5. The van der Waals surface area contributed by atoms with Crippen molar-refractivity contribution in [1.82, 2.24) is 0 Å². The summed E-state index contributed by atoms with van der Waals surface area (Å²) in [7, 11) is -0.541. The van der Waals surface area contributed by atoms with Crippen molar-refractivity contribution < 1.29 is 4.79 Å². The summed E-state index contributed by atoms with van der Waals surface area (Å²) in [6.07, 6.45) is 0. The van der Waals surface area contributed by atoms with Crippen LogP contribution in [0.1, 0.15) is 48.5 Å². The van der Waals surface area contributed by atoms with Gasteiger partial charge < -0.3 is 0 Å². The Bertz CT molecular complexity index is 157. The molecule has 0 aliphatic carbocycles. The van der Waals surface area contributed by atoms with E-state index in [1.807, 2.05) is 0 Å². The Kier molecular flexibility index (Phi) is 3.49. The molecule has 0 unspecified atom stereocenters. The van der Waals surface area contributed by atoms with E-state index in [9.17, 15) is 4.79 Å². The minimum Gasteiger partial charge on any atom is -0.295 e. The number of rotatable bonds is 1. The molecule has 0 rings (SSSR count). The SMILES string of the molecule is CC(=O)P(C(C)(C)C)C(C)(C)C. The average molecular weight is 188 g/mol. The van der Waals surface area contributed by atoms with Gasteiger partial charge in [0, 0.05) is 0 Å². The summed E-state index contributed by atoms with van der Waals surface area (Å²) < 4.78 is 0. The van der Waals surface area contributed by atoms with Crippen molar-refractivity contribution in [2.45, 2.75) is 58.8 Å². The van der Waals surface area contributed by atoms with Crippen LogP contribution in [0.3, 0.4) is 0 Å². The highest BCUT2D eigenvalue weighted by atomic mass is 31.1. The first kappa shape index (κ1) is 12.1. The Hall–Kier alpha value is 0.100. The van der Waals surface area contributed by atoms with Crippen LogP contribution in [-0.4, -0.2) is 15.8 Å².